The first-order valence-electron chi connectivity index (χ1n) is 23.6. The third kappa shape index (κ3) is 8.89. The summed E-state index contributed by atoms with van der Waals surface area (Å²) in [5, 5.41) is 23.6. The van der Waals surface area contributed by atoms with E-state index in [1.807, 2.05) is 19.1 Å². The number of nitro benzene ring substituents is 1. The molecule has 1 spiro atoms. The number of benzene rings is 3. The molecule has 6 aliphatic rings. The summed E-state index contributed by atoms with van der Waals surface area (Å²) >= 11 is 1.31. The average molecular weight is 949 g/mol. The number of H-pyrrole nitrogens is 1. The second-order valence-corrected chi connectivity index (χ2v) is 22.8. The van der Waals surface area contributed by atoms with Crippen LogP contribution in [0, 0.1) is 21.4 Å². The van der Waals surface area contributed by atoms with Gasteiger partial charge in [0.15, 0.2) is 0 Å². The molecule has 2 aromatic heterocycles. The minimum Gasteiger partial charge on any atom is -0.491 e. The van der Waals surface area contributed by atoms with E-state index in [9.17, 15) is 28.4 Å². The van der Waals surface area contributed by atoms with E-state index in [0.717, 1.165) is 88.5 Å². The highest BCUT2D eigenvalue weighted by Crippen LogP contribution is 2.54. The predicted molar refractivity (Wildman–Crippen MR) is 254 cm³/mol. The summed E-state index contributed by atoms with van der Waals surface area (Å²) in [5.74, 6) is 0.482. The molecule has 11 rings (SSSR count). The second-order valence-electron chi connectivity index (χ2n) is 19.9. The molecular weight excluding hydrogens is 893 g/mol. The molecule has 2 atom stereocenters. The summed E-state index contributed by atoms with van der Waals surface area (Å²) in [6, 6.07) is 20.8. The number of nitro groups is 1. The maximum atomic E-state index is 14.1. The summed E-state index contributed by atoms with van der Waals surface area (Å²) in [6.45, 7) is 6.14. The maximum Gasteiger partial charge on any atom is 0.288 e. The van der Waals surface area contributed by atoms with Crippen LogP contribution in [0.25, 0.3) is 11.0 Å². The first kappa shape index (κ1) is 44.3. The molecule has 2 saturated heterocycles. The van der Waals surface area contributed by atoms with Crippen molar-refractivity contribution in [2.75, 3.05) is 44.4 Å². The fourth-order valence-corrected chi connectivity index (χ4v) is 13.7. The van der Waals surface area contributed by atoms with Crippen LogP contribution in [0.5, 0.6) is 17.2 Å². The number of carbonyl (C=O) groups excluding carboxylic acids is 1. The smallest absolute Gasteiger partial charge is 0.288 e. The largest absolute Gasteiger partial charge is 0.491 e. The molecule has 3 aromatic carbocycles. The van der Waals surface area contributed by atoms with Gasteiger partial charge >= 0.3 is 0 Å². The van der Waals surface area contributed by atoms with Gasteiger partial charge in [0.2, 0.25) is 0 Å². The van der Waals surface area contributed by atoms with Gasteiger partial charge in [-0.3, -0.25) is 19.8 Å². The molecule has 352 valence electrons. The lowest BCUT2D eigenvalue weighted by molar-refractivity contribution is -0.388. The molecule has 67 heavy (non-hydrogen) atoms. The Morgan fingerprint density at radius 2 is 1.76 bits per heavy atom. The molecule has 3 aliphatic heterocycles. The number of morpholine rings is 1. The van der Waals surface area contributed by atoms with E-state index in [2.05, 4.69) is 48.8 Å². The highest BCUT2D eigenvalue weighted by Gasteiger charge is 2.50. The molecule has 0 unspecified atom stereocenters. The number of rotatable bonds is 11. The van der Waals surface area contributed by atoms with Gasteiger partial charge in [0.05, 0.1) is 46.4 Å². The number of sulfonamides is 1. The molecule has 5 aromatic rings. The average Bonchev–Trinajstić information content (AvgIpc) is 4.06. The quantitative estimate of drug-likeness (QED) is 0.0842. The maximum absolute atomic E-state index is 14.1. The molecular formula is C50H56N6O9S2. The van der Waals surface area contributed by atoms with E-state index in [4.69, 9.17) is 14.2 Å². The zero-order valence-electron chi connectivity index (χ0n) is 37.5. The number of piperidine rings is 1. The predicted octanol–water partition coefficient (Wildman–Crippen LogP) is 8.88. The van der Waals surface area contributed by atoms with Crippen LogP contribution in [0.3, 0.4) is 0 Å². The van der Waals surface area contributed by atoms with Gasteiger partial charge in [-0.15, -0.1) is 11.8 Å². The number of pyridine rings is 1. The Morgan fingerprint density at radius 1 is 0.985 bits per heavy atom. The lowest BCUT2D eigenvalue weighted by Crippen LogP contribution is -2.58. The zero-order valence-corrected chi connectivity index (χ0v) is 39.2. The summed E-state index contributed by atoms with van der Waals surface area (Å²) in [5.41, 5.74) is 3.53. The number of nitrogens with zero attached hydrogens (tertiary/aromatic N) is 4. The molecule has 1 amide bonds. The molecule has 15 nitrogen and oxygen atoms in total. The van der Waals surface area contributed by atoms with Crippen molar-refractivity contribution in [2.45, 2.75) is 110 Å². The van der Waals surface area contributed by atoms with E-state index in [-0.39, 0.29) is 51.2 Å². The third-order valence-electron chi connectivity index (χ3n) is 15.4. The van der Waals surface area contributed by atoms with E-state index >= 15 is 0 Å². The Bertz CT molecular complexity index is 2820. The number of hydrogen-bond acceptors (Lipinski definition) is 13. The standard InChI is InChI=1S/C50H56N6O9S2/c1-49(58)13-10-32(11-14-49)45-30-64-44-25-37(24-41(56(59)60)46(44)66-45)67(61,62)53-48(57)40-9-8-34(23-43(40)65-36-22-33-12-17-51-47(33)52-28-36)54-18-15-50(16-19-54)26-35(27-50)55-20-21-63-29-42(55)39-5-3-2-4-38(39)31-6-7-31/h2-5,8-9,12,17,22-25,28,31-32,35,42,45,58H,6-7,10-11,13-16,18-21,26-27,29-30H2,1H3,(H,51,52)(H,53,57)/t32-,42-,45-,49-/m1/s1. The molecule has 3 N–H and O–H groups in total. The van der Waals surface area contributed by atoms with Crippen LogP contribution in [-0.4, -0.2) is 95.6 Å². The first-order valence-corrected chi connectivity index (χ1v) is 26.0. The number of carbonyl (C=O) groups is 1. The molecule has 3 aliphatic carbocycles. The van der Waals surface area contributed by atoms with Crippen molar-refractivity contribution >= 4 is 50.1 Å². The van der Waals surface area contributed by atoms with Gasteiger partial charge in [0.25, 0.3) is 21.6 Å². The minimum absolute atomic E-state index is 0.0336. The van der Waals surface area contributed by atoms with Crippen molar-refractivity contribution in [3.63, 3.8) is 0 Å². The van der Waals surface area contributed by atoms with E-state index in [0.29, 0.717) is 36.2 Å². The number of aromatic amines is 1. The number of aromatic nitrogens is 2. The van der Waals surface area contributed by atoms with Crippen LogP contribution in [0.4, 0.5) is 11.4 Å². The van der Waals surface area contributed by atoms with Crippen LogP contribution in [-0.2, 0) is 14.8 Å². The van der Waals surface area contributed by atoms with Gasteiger partial charge < -0.3 is 29.2 Å². The Labute approximate surface area is 394 Å². The second kappa shape index (κ2) is 17.4. The monoisotopic (exact) mass is 948 g/mol. The highest BCUT2D eigenvalue weighted by molar-refractivity contribution is 8.00. The number of fused-ring (bicyclic) bond motifs is 2. The Kier molecular flexibility index (Phi) is 11.5. The lowest BCUT2D eigenvalue weighted by atomic mass is 9.59. The van der Waals surface area contributed by atoms with Crippen LogP contribution in [0.1, 0.15) is 105 Å². The van der Waals surface area contributed by atoms with Gasteiger partial charge in [-0.25, -0.2) is 18.1 Å². The molecule has 17 heteroatoms. The Balaban J connectivity index is 0.802. The summed E-state index contributed by atoms with van der Waals surface area (Å²) in [6.07, 6.45) is 13.0. The van der Waals surface area contributed by atoms with Crippen LogP contribution in [0.2, 0.25) is 0 Å². The zero-order chi connectivity index (χ0) is 46.1. The Morgan fingerprint density at radius 3 is 2.52 bits per heavy atom. The Hall–Kier alpha value is -5.20. The number of amides is 1. The van der Waals surface area contributed by atoms with Crippen molar-refractivity contribution < 1.29 is 37.5 Å². The van der Waals surface area contributed by atoms with Crippen LogP contribution in [0.15, 0.2) is 88.9 Å². The summed E-state index contributed by atoms with van der Waals surface area (Å²) in [4.78, 5) is 38.3. The van der Waals surface area contributed by atoms with Crippen molar-refractivity contribution in [3.05, 3.63) is 106 Å². The van der Waals surface area contributed by atoms with Gasteiger partial charge in [0, 0.05) is 66.4 Å². The number of thioether (sulfide) groups is 1. The van der Waals surface area contributed by atoms with Gasteiger partial charge in [-0.1, -0.05) is 24.3 Å². The van der Waals surface area contributed by atoms with Crippen LogP contribution >= 0.6 is 11.8 Å². The van der Waals surface area contributed by atoms with Gasteiger partial charge in [-0.2, -0.15) is 0 Å². The van der Waals surface area contributed by atoms with E-state index < -0.39 is 37.0 Å². The number of aliphatic hydroxyl groups is 1. The number of anilines is 1. The highest BCUT2D eigenvalue weighted by atomic mass is 32.2. The minimum atomic E-state index is -4.64. The number of nitrogens with one attached hydrogen (secondary N) is 2. The van der Waals surface area contributed by atoms with Gasteiger partial charge in [0.1, 0.15) is 34.4 Å². The number of ether oxygens (including phenoxy) is 3. The normalized spacial score (nSPS) is 25.5. The summed E-state index contributed by atoms with van der Waals surface area (Å²) < 4.78 is 48.6. The van der Waals surface area contributed by atoms with Gasteiger partial charge in [-0.05, 0) is 124 Å². The third-order valence-corrected chi connectivity index (χ3v) is 18.2. The molecule has 5 heterocycles. The summed E-state index contributed by atoms with van der Waals surface area (Å²) in [7, 11) is -4.64. The molecule has 3 saturated carbocycles. The fraction of sp³-hybridized carbons (Fsp3) is 0.480. The first-order chi connectivity index (χ1) is 32.3. The van der Waals surface area contributed by atoms with Crippen molar-refractivity contribution in [1.29, 1.82) is 0 Å². The van der Waals surface area contributed by atoms with Crippen molar-refractivity contribution in [2.24, 2.45) is 11.3 Å². The lowest BCUT2D eigenvalue weighted by Gasteiger charge is -2.57. The fourth-order valence-electron chi connectivity index (χ4n) is 11.3. The molecule has 5 fully saturated rings. The van der Waals surface area contributed by atoms with Crippen molar-refractivity contribution in [1.82, 2.24) is 19.6 Å². The topological polar surface area (TPSA) is 189 Å². The molecule has 0 radical (unpaired) electrons. The molecule has 0 bridgehead atoms. The number of hydrogen-bond donors (Lipinski definition) is 3. The van der Waals surface area contributed by atoms with E-state index in [1.165, 1.54) is 48.0 Å². The van der Waals surface area contributed by atoms with E-state index in [1.54, 1.807) is 24.4 Å². The van der Waals surface area contributed by atoms with Crippen LogP contribution < -0.4 is 19.1 Å². The van der Waals surface area contributed by atoms with Crippen molar-refractivity contribution in [3.8, 4) is 17.2 Å². The SMILES string of the molecule is C[C@]1(O)CC[C@H]([C@H]2COc3cc(S(=O)(=O)NC(=O)c4ccc(N5CCC6(CC5)CC(N5CCOC[C@@H]5c5ccccc5C5CC5)C6)cc4Oc4cnc5[nH]ccc5c4)cc([N+](=O)[O-])c3S2)CC1.